The first-order chi connectivity index (χ1) is 13.1. The van der Waals surface area contributed by atoms with Gasteiger partial charge in [0.2, 0.25) is 0 Å². The lowest BCUT2D eigenvalue weighted by Crippen LogP contribution is -2.43. The van der Waals surface area contributed by atoms with Crippen LogP contribution in [0.4, 0.5) is 5.69 Å². The number of nitrogens with zero attached hydrogens (tertiary/aromatic N) is 2. The Morgan fingerprint density at radius 1 is 1.07 bits per heavy atom. The molecule has 5 heteroatoms. The van der Waals surface area contributed by atoms with Crippen LogP contribution in [0.15, 0.2) is 54.6 Å². The SMILES string of the molecule is CN(C)c1ccc(C(=O)N[C@@H]2C[C@H]3CO[C@@H](c4ccccc4)CN3C2)cc1. The summed E-state index contributed by atoms with van der Waals surface area (Å²) in [5.41, 5.74) is 3.03. The van der Waals surface area contributed by atoms with Gasteiger partial charge in [0.15, 0.2) is 0 Å². The number of fused-ring (bicyclic) bond motifs is 1. The number of carbonyl (C=O) groups excluding carboxylic acids is 1. The van der Waals surface area contributed by atoms with E-state index in [0.717, 1.165) is 31.8 Å². The summed E-state index contributed by atoms with van der Waals surface area (Å²) in [6, 6.07) is 18.7. The quantitative estimate of drug-likeness (QED) is 0.905. The van der Waals surface area contributed by atoms with Crippen LogP contribution in [-0.4, -0.2) is 56.7 Å². The summed E-state index contributed by atoms with van der Waals surface area (Å²) < 4.78 is 6.09. The van der Waals surface area contributed by atoms with Crippen molar-refractivity contribution in [3.63, 3.8) is 0 Å². The highest BCUT2D eigenvalue weighted by Gasteiger charge is 2.38. The van der Waals surface area contributed by atoms with Crippen LogP contribution >= 0.6 is 0 Å². The highest BCUT2D eigenvalue weighted by Crippen LogP contribution is 2.30. The second kappa shape index (κ2) is 7.71. The average Bonchev–Trinajstić information content (AvgIpc) is 3.10. The number of hydrogen-bond donors (Lipinski definition) is 1. The van der Waals surface area contributed by atoms with Gasteiger partial charge in [-0.25, -0.2) is 0 Å². The topological polar surface area (TPSA) is 44.8 Å². The second-order valence-electron chi connectivity index (χ2n) is 7.69. The van der Waals surface area contributed by atoms with Gasteiger partial charge in [-0.1, -0.05) is 30.3 Å². The predicted octanol–water partition coefficient (Wildman–Crippen LogP) is 2.70. The minimum absolute atomic E-state index is 0.00526. The van der Waals surface area contributed by atoms with Crippen molar-refractivity contribution >= 4 is 11.6 Å². The molecule has 2 aromatic carbocycles. The smallest absolute Gasteiger partial charge is 0.251 e. The standard InChI is InChI=1S/C22H27N3O2/c1-24(2)19-10-8-17(9-11-19)22(26)23-18-12-20-15-27-21(14-25(20)13-18)16-6-4-3-5-7-16/h3-11,18,20-21H,12-15H2,1-2H3,(H,23,26)/t18-,20+,21-/m1/s1. The summed E-state index contributed by atoms with van der Waals surface area (Å²) in [6.07, 6.45) is 1.07. The third-order valence-corrected chi connectivity index (χ3v) is 5.57. The van der Waals surface area contributed by atoms with Crippen LogP contribution in [0.2, 0.25) is 0 Å². The van der Waals surface area contributed by atoms with Gasteiger partial charge >= 0.3 is 0 Å². The number of ether oxygens (including phenoxy) is 1. The van der Waals surface area contributed by atoms with Crippen LogP contribution in [-0.2, 0) is 4.74 Å². The van der Waals surface area contributed by atoms with Crippen molar-refractivity contribution in [1.29, 1.82) is 0 Å². The van der Waals surface area contributed by atoms with Gasteiger partial charge in [0, 0.05) is 50.5 Å². The van der Waals surface area contributed by atoms with E-state index >= 15 is 0 Å². The van der Waals surface area contributed by atoms with Crippen molar-refractivity contribution in [2.45, 2.75) is 24.6 Å². The Labute approximate surface area is 160 Å². The molecule has 4 rings (SSSR count). The first-order valence-corrected chi connectivity index (χ1v) is 9.59. The molecule has 2 saturated heterocycles. The highest BCUT2D eigenvalue weighted by atomic mass is 16.5. The highest BCUT2D eigenvalue weighted by molar-refractivity contribution is 5.94. The summed E-state index contributed by atoms with van der Waals surface area (Å²) in [6.45, 7) is 2.50. The number of rotatable bonds is 4. The van der Waals surface area contributed by atoms with E-state index < -0.39 is 0 Å². The van der Waals surface area contributed by atoms with Gasteiger partial charge < -0.3 is 15.0 Å². The number of hydrogen-bond acceptors (Lipinski definition) is 4. The van der Waals surface area contributed by atoms with Gasteiger partial charge in [0.1, 0.15) is 0 Å². The normalized spacial score (nSPS) is 25.0. The molecule has 2 fully saturated rings. The molecule has 0 spiro atoms. The molecule has 0 bridgehead atoms. The molecule has 1 N–H and O–H groups in total. The maximum atomic E-state index is 12.6. The monoisotopic (exact) mass is 365 g/mol. The Hall–Kier alpha value is -2.37. The van der Waals surface area contributed by atoms with Crippen molar-refractivity contribution in [2.24, 2.45) is 0 Å². The fraction of sp³-hybridized carbons (Fsp3) is 0.409. The van der Waals surface area contributed by atoms with E-state index in [1.807, 2.05) is 49.3 Å². The molecule has 142 valence electrons. The van der Waals surface area contributed by atoms with Crippen molar-refractivity contribution in [3.8, 4) is 0 Å². The van der Waals surface area contributed by atoms with Gasteiger partial charge in [-0.05, 0) is 36.2 Å². The molecule has 5 nitrogen and oxygen atoms in total. The van der Waals surface area contributed by atoms with Crippen molar-refractivity contribution in [3.05, 3.63) is 65.7 Å². The Bertz CT molecular complexity index is 776. The summed E-state index contributed by atoms with van der Waals surface area (Å²) in [5.74, 6) is 0.00526. The van der Waals surface area contributed by atoms with Crippen molar-refractivity contribution in [1.82, 2.24) is 10.2 Å². The van der Waals surface area contributed by atoms with E-state index in [0.29, 0.717) is 11.6 Å². The zero-order valence-electron chi connectivity index (χ0n) is 16.0. The molecule has 3 atom stereocenters. The first-order valence-electron chi connectivity index (χ1n) is 9.59. The molecule has 0 saturated carbocycles. The van der Waals surface area contributed by atoms with Crippen LogP contribution in [0.25, 0.3) is 0 Å². The summed E-state index contributed by atoms with van der Waals surface area (Å²) in [4.78, 5) is 17.1. The molecular weight excluding hydrogens is 338 g/mol. The molecule has 2 aliphatic heterocycles. The summed E-state index contributed by atoms with van der Waals surface area (Å²) in [7, 11) is 3.99. The molecular formula is C22H27N3O2. The Kier molecular flexibility index (Phi) is 5.14. The van der Waals surface area contributed by atoms with Gasteiger partial charge in [-0.3, -0.25) is 9.69 Å². The van der Waals surface area contributed by atoms with Crippen LogP contribution < -0.4 is 10.2 Å². The lowest BCUT2D eigenvalue weighted by molar-refractivity contribution is -0.0502. The number of benzene rings is 2. The predicted molar refractivity (Wildman–Crippen MR) is 107 cm³/mol. The molecule has 0 aromatic heterocycles. The van der Waals surface area contributed by atoms with Crippen LogP contribution in [0.5, 0.6) is 0 Å². The minimum atomic E-state index is 0.00526. The van der Waals surface area contributed by atoms with Crippen LogP contribution in [0, 0.1) is 0 Å². The third kappa shape index (κ3) is 3.99. The van der Waals surface area contributed by atoms with Crippen LogP contribution in [0.3, 0.4) is 0 Å². The summed E-state index contributed by atoms with van der Waals surface area (Å²) in [5, 5.41) is 3.21. The number of amides is 1. The van der Waals surface area contributed by atoms with Gasteiger partial charge in [-0.2, -0.15) is 0 Å². The molecule has 0 radical (unpaired) electrons. The molecule has 27 heavy (non-hydrogen) atoms. The van der Waals surface area contributed by atoms with E-state index in [-0.39, 0.29) is 18.1 Å². The number of carbonyl (C=O) groups is 1. The molecule has 2 aliphatic rings. The van der Waals surface area contributed by atoms with Crippen molar-refractivity contribution < 1.29 is 9.53 Å². The van der Waals surface area contributed by atoms with E-state index in [4.69, 9.17) is 4.74 Å². The molecule has 2 heterocycles. The fourth-order valence-electron chi connectivity index (χ4n) is 4.03. The van der Waals surface area contributed by atoms with Gasteiger partial charge in [0.05, 0.1) is 12.7 Å². The lowest BCUT2D eigenvalue weighted by Gasteiger charge is -2.35. The third-order valence-electron chi connectivity index (χ3n) is 5.57. The summed E-state index contributed by atoms with van der Waals surface area (Å²) >= 11 is 0. The second-order valence-corrected chi connectivity index (χ2v) is 7.69. The van der Waals surface area contributed by atoms with E-state index in [9.17, 15) is 4.79 Å². The lowest BCUT2D eigenvalue weighted by atomic mass is 10.1. The van der Waals surface area contributed by atoms with E-state index in [2.05, 4.69) is 34.5 Å². The number of anilines is 1. The van der Waals surface area contributed by atoms with Gasteiger partial charge in [-0.15, -0.1) is 0 Å². The minimum Gasteiger partial charge on any atom is -0.378 e. The first kappa shape index (κ1) is 18.0. The zero-order chi connectivity index (χ0) is 18.8. The Morgan fingerprint density at radius 2 is 1.81 bits per heavy atom. The van der Waals surface area contributed by atoms with E-state index in [1.165, 1.54) is 5.56 Å². The number of nitrogens with one attached hydrogen (secondary N) is 1. The van der Waals surface area contributed by atoms with Gasteiger partial charge in [0.25, 0.3) is 5.91 Å². The Morgan fingerprint density at radius 3 is 2.52 bits per heavy atom. The molecule has 0 aliphatic carbocycles. The zero-order valence-corrected chi connectivity index (χ0v) is 16.0. The molecule has 2 aromatic rings. The van der Waals surface area contributed by atoms with Crippen LogP contribution in [0.1, 0.15) is 28.4 Å². The van der Waals surface area contributed by atoms with Crippen molar-refractivity contribution in [2.75, 3.05) is 38.7 Å². The average molecular weight is 365 g/mol. The molecule has 0 unspecified atom stereocenters. The number of morpholine rings is 1. The maximum Gasteiger partial charge on any atom is 0.251 e. The fourth-order valence-corrected chi connectivity index (χ4v) is 4.03. The molecule has 1 amide bonds. The maximum absolute atomic E-state index is 12.6. The van der Waals surface area contributed by atoms with E-state index in [1.54, 1.807) is 0 Å². The Balaban J connectivity index is 1.35. The largest absolute Gasteiger partial charge is 0.378 e.